The van der Waals surface area contributed by atoms with Gasteiger partial charge in [-0.3, -0.25) is 0 Å². The number of anilines is 9. The first kappa shape index (κ1) is 76.2. The summed E-state index contributed by atoms with van der Waals surface area (Å²) in [6.07, 6.45) is 38.9. The third-order valence-electron chi connectivity index (χ3n) is 26.3. The average Bonchev–Trinajstić information content (AvgIpc) is 1.56. The second-order valence-electron chi connectivity index (χ2n) is 33.4. The van der Waals surface area contributed by atoms with Crippen LogP contribution in [-0.4, -0.2) is 0 Å². The molecule has 0 saturated heterocycles. The zero-order valence-corrected chi connectivity index (χ0v) is 67.6. The van der Waals surface area contributed by atoms with Gasteiger partial charge in [-0.15, -0.1) is 0 Å². The Hall–Kier alpha value is -9.18. The van der Waals surface area contributed by atoms with Gasteiger partial charge in [0.2, 0.25) is 0 Å². The molecule has 0 aliphatic heterocycles. The van der Waals surface area contributed by atoms with Gasteiger partial charge in [-0.05, 0) is 250 Å². The van der Waals surface area contributed by atoms with Gasteiger partial charge >= 0.3 is 0 Å². The predicted molar refractivity (Wildman–Crippen MR) is 475 cm³/mol. The van der Waals surface area contributed by atoms with Gasteiger partial charge in [-0.1, -0.05) is 335 Å². The van der Waals surface area contributed by atoms with Crippen LogP contribution in [-0.2, 0) is 29.1 Å². The lowest BCUT2D eigenvalue weighted by Gasteiger charge is -2.36. The standard InChI is InChI=1S/C107H123N3/c1-7-13-19-36-67-105(68-37-20-14-8-2)99-52-35-34-51-93(99)94-62-59-90(77-100(94)105)110(91-60-65-97-95-63-57-88(108(84-44-28-25-29-45-84)85-46-30-26-31-47-85)75-101(95)106(103(97)78-91,69-38-21-15-9-3)70-39-22-16-10-4)92-61-66-98-96-64-58-89(76-102(96)107(104(98)79-92,71-40-23-17-11-5)72-41-24-18-12-6)109(86-48-32-27-33-49-86)87-50-42-43-81(74-87)83-56-54-80-53-55-82(80)73-83/h25-35,42-52,54,56-66,73-79H,7-24,36-41,53,55,67-72H2,1-6H3. The number of fused-ring (bicyclic) bond motifs is 10. The van der Waals surface area contributed by atoms with E-state index in [0.29, 0.717) is 0 Å². The fraction of sp³-hybridized carbons (Fsp3) is 0.383. The number of hydrogen-bond donors (Lipinski definition) is 0. The molecule has 0 saturated carbocycles. The maximum absolute atomic E-state index is 2.79. The summed E-state index contributed by atoms with van der Waals surface area (Å²) in [6, 6.07) is 98.6. The van der Waals surface area contributed by atoms with Gasteiger partial charge in [-0.2, -0.15) is 0 Å². The van der Waals surface area contributed by atoms with Crippen molar-refractivity contribution in [3.05, 3.63) is 293 Å². The normalized spacial score (nSPS) is 14.1. The molecule has 0 bridgehead atoms. The molecule has 3 nitrogen and oxygen atoms in total. The average molecular weight is 1450 g/mol. The molecule has 15 rings (SSSR count). The summed E-state index contributed by atoms with van der Waals surface area (Å²) < 4.78 is 0. The van der Waals surface area contributed by atoms with Crippen molar-refractivity contribution < 1.29 is 0 Å². The second-order valence-corrected chi connectivity index (χ2v) is 33.4. The fourth-order valence-corrected chi connectivity index (χ4v) is 20.5. The van der Waals surface area contributed by atoms with Gasteiger partial charge in [-0.25, -0.2) is 0 Å². The number of hydrogen-bond acceptors (Lipinski definition) is 3. The van der Waals surface area contributed by atoms with E-state index in [-0.39, 0.29) is 16.2 Å². The molecule has 11 aromatic rings. The third kappa shape index (κ3) is 15.3. The monoisotopic (exact) mass is 1450 g/mol. The van der Waals surface area contributed by atoms with Gasteiger partial charge in [0.1, 0.15) is 0 Å². The molecule has 566 valence electrons. The number of rotatable bonds is 40. The van der Waals surface area contributed by atoms with Crippen LogP contribution >= 0.6 is 0 Å². The molecule has 110 heavy (non-hydrogen) atoms. The molecule has 4 aliphatic rings. The molecular weight excluding hydrogens is 1330 g/mol. The van der Waals surface area contributed by atoms with Crippen LogP contribution < -0.4 is 14.7 Å². The van der Waals surface area contributed by atoms with E-state index < -0.39 is 0 Å². The van der Waals surface area contributed by atoms with Crippen LogP contribution in [0.4, 0.5) is 51.2 Å². The molecule has 0 fully saturated rings. The Balaban J connectivity index is 0.944. The van der Waals surface area contributed by atoms with E-state index in [1.807, 2.05) is 0 Å². The van der Waals surface area contributed by atoms with Crippen molar-refractivity contribution in [2.45, 2.75) is 263 Å². The zero-order valence-electron chi connectivity index (χ0n) is 67.6. The first-order chi connectivity index (χ1) is 54.3. The molecule has 0 amide bonds. The van der Waals surface area contributed by atoms with Crippen molar-refractivity contribution in [3.8, 4) is 44.5 Å². The van der Waals surface area contributed by atoms with Crippen LogP contribution in [0.25, 0.3) is 44.5 Å². The van der Waals surface area contributed by atoms with Crippen molar-refractivity contribution in [1.29, 1.82) is 0 Å². The summed E-state index contributed by atoms with van der Waals surface area (Å²) in [5.74, 6) is 0. The van der Waals surface area contributed by atoms with Crippen LogP contribution in [0.3, 0.4) is 0 Å². The highest BCUT2D eigenvalue weighted by Crippen LogP contribution is 2.62. The van der Waals surface area contributed by atoms with E-state index in [1.54, 1.807) is 11.1 Å². The van der Waals surface area contributed by atoms with Gasteiger partial charge in [0.25, 0.3) is 0 Å². The van der Waals surface area contributed by atoms with E-state index in [0.717, 1.165) is 25.7 Å². The molecule has 3 heteroatoms. The number of aryl methyl sites for hydroxylation is 2. The first-order valence-electron chi connectivity index (χ1n) is 43.9. The Morgan fingerprint density at radius 2 is 0.473 bits per heavy atom. The van der Waals surface area contributed by atoms with E-state index >= 15 is 0 Å². The van der Waals surface area contributed by atoms with Crippen LogP contribution in [0.5, 0.6) is 0 Å². The van der Waals surface area contributed by atoms with Crippen LogP contribution in [0.1, 0.15) is 279 Å². The lowest BCUT2D eigenvalue weighted by Crippen LogP contribution is -2.27. The van der Waals surface area contributed by atoms with Crippen molar-refractivity contribution in [2.75, 3.05) is 14.7 Å². The fourth-order valence-electron chi connectivity index (χ4n) is 20.5. The van der Waals surface area contributed by atoms with E-state index in [9.17, 15) is 0 Å². The van der Waals surface area contributed by atoms with Crippen LogP contribution in [0.15, 0.2) is 249 Å². The number of benzene rings is 11. The highest BCUT2D eigenvalue weighted by Gasteiger charge is 2.47. The number of nitrogens with zero attached hydrogens (tertiary/aromatic N) is 3. The van der Waals surface area contributed by atoms with Crippen molar-refractivity contribution >= 4 is 51.2 Å². The molecule has 0 heterocycles. The van der Waals surface area contributed by atoms with Gasteiger partial charge in [0.15, 0.2) is 0 Å². The summed E-state index contributed by atoms with van der Waals surface area (Å²) in [6.45, 7) is 14.3. The van der Waals surface area contributed by atoms with Gasteiger partial charge in [0, 0.05) is 67.4 Å². The second kappa shape index (κ2) is 35.5. The Morgan fingerprint density at radius 3 is 0.800 bits per heavy atom. The Morgan fingerprint density at radius 1 is 0.200 bits per heavy atom. The SMILES string of the molecule is CCCCCCC1(CCCCCC)c2ccccc2-c2ccc(N(c3ccc4c(c3)C(CCCCCC)(CCCCCC)c3cc(N(c5ccccc5)c5ccccc5)ccc3-4)c3ccc4c(c3)C(CCCCCC)(CCCCCC)c3cc(N(c5ccccc5)c5cccc(-c6ccc7c(c6)CC7)c5)ccc3-4)cc21. The third-order valence-corrected chi connectivity index (χ3v) is 26.3. The molecular formula is C107H123N3. The quantitative estimate of drug-likeness (QED) is 0.0355. The molecule has 0 aromatic heterocycles. The van der Waals surface area contributed by atoms with Gasteiger partial charge in [0.05, 0.1) is 0 Å². The summed E-state index contributed by atoms with van der Waals surface area (Å²) in [5, 5.41) is 0. The van der Waals surface area contributed by atoms with Crippen molar-refractivity contribution in [2.24, 2.45) is 0 Å². The molecule has 11 aromatic carbocycles. The summed E-state index contributed by atoms with van der Waals surface area (Å²) in [4.78, 5) is 7.85. The Kier molecular flexibility index (Phi) is 24.6. The summed E-state index contributed by atoms with van der Waals surface area (Å²) in [5.41, 5.74) is 33.8. The van der Waals surface area contributed by atoms with Crippen molar-refractivity contribution in [3.63, 3.8) is 0 Å². The maximum atomic E-state index is 2.79. The highest BCUT2D eigenvalue weighted by molar-refractivity contribution is 5.93. The summed E-state index contributed by atoms with van der Waals surface area (Å²) >= 11 is 0. The smallest absolute Gasteiger partial charge is 0.0467 e. The van der Waals surface area contributed by atoms with Crippen LogP contribution in [0.2, 0.25) is 0 Å². The molecule has 4 aliphatic carbocycles. The zero-order chi connectivity index (χ0) is 75.3. The van der Waals surface area contributed by atoms with Crippen LogP contribution in [0, 0.1) is 0 Å². The largest absolute Gasteiger partial charge is 0.310 e. The predicted octanol–water partition coefficient (Wildman–Crippen LogP) is 32.5. The molecule has 0 spiro atoms. The minimum absolute atomic E-state index is 0.0770. The molecule has 0 unspecified atom stereocenters. The minimum Gasteiger partial charge on any atom is -0.310 e. The topological polar surface area (TPSA) is 9.72 Å². The number of para-hydroxylation sites is 3. The molecule has 0 atom stereocenters. The Bertz CT molecular complexity index is 4790. The van der Waals surface area contributed by atoms with E-state index in [1.165, 1.54) is 309 Å². The summed E-state index contributed by atoms with van der Waals surface area (Å²) in [7, 11) is 0. The lowest BCUT2D eigenvalue weighted by molar-refractivity contribution is 0.401. The minimum atomic E-state index is -0.220. The van der Waals surface area contributed by atoms with E-state index in [2.05, 4.69) is 305 Å². The Labute approximate surface area is 662 Å². The van der Waals surface area contributed by atoms with E-state index in [4.69, 9.17) is 0 Å². The first-order valence-corrected chi connectivity index (χ1v) is 43.9. The maximum Gasteiger partial charge on any atom is 0.0467 e. The van der Waals surface area contributed by atoms with Gasteiger partial charge < -0.3 is 14.7 Å². The lowest BCUT2D eigenvalue weighted by atomic mass is 9.70. The van der Waals surface area contributed by atoms with Crippen molar-refractivity contribution in [1.82, 2.24) is 0 Å². The number of unbranched alkanes of at least 4 members (excludes halogenated alkanes) is 18. The highest BCUT2D eigenvalue weighted by atomic mass is 15.2. The molecule has 0 radical (unpaired) electrons. The molecule has 0 N–H and O–H groups in total.